The molecule has 2 saturated heterocycles. The van der Waals surface area contributed by atoms with Gasteiger partial charge in [0.05, 0.1) is 6.61 Å². The lowest BCUT2D eigenvalue weighted by Gasteiger charge is -2.24. The van der Waals surface area contributed by atoms with Crippen molar-refractivity contribution in [2.75, 3.05) is 26.2 Å². The summed E-state index contributed by atoms with van der Waals surface area (Å²) in [4.78, 5) is 20.2. The summed E-state index contributed by atoms with van der Waals surface area (Å²) in [7, 11) is 0. The molecule has 1 aromatic rings. The first kappa shape index (κ1) is 14.6. The number of amides is 1. The number of rotatable bonds is 3. The van der Waals surface area contributed by atoms with E-state index < -0.39 is 0 Å². The fourth-order valence-electron chi connectivity index (χ4n) is 3.34. The van der Waals surface area contributed by atoms with E-state index in [4.69, 9.17) is 16.3 Å². The highest BCUT2D eigenvalue weighted by molar-refractivity contribution is 6.29. The van der Waals surface area contributed by atoms with Gasteiger partial charge in [-0.2, -0.15) is 0 Å². The van der Waals surface area contributed by atoms with E-state index in [1.807, 2.05) is 30.2 Å². The smallest absolute Gasteiger partial charge is 0.409 e. The molecule has 2 aliphatic rings. The molecule has 0 aliphatic carbocycles. The van der Waals surface area contributed by atoms with Crippen molar-refractivity contribution in [3.8, 4) is 0 Å². The van der Waals surface area contributed by atoms with Crippen LogP contribution in [0, 0.1) is 5.92 Å². The summed E-state index contributed by atoms with van der Waals surface area (Å²) in [6.45, 7) is 5.81. The molecule has 0 N–H and O–H groups in total. The number of fused-ring (bicyclic) bond motifs is 1. The predicted molar refractivity (Wildman–Crippen MR) is 80.1 cm³/mol. The Morgan fingerprint density at radius 1 is 1.48 bits per heavy atom. The number of hydrogen-bond donors (Lipinski definition) is 0. The largest absolute Gasteiger partial charge is 0.450 e. The van der Waals surface area contributed by atoms with Gasteiger partial charge in [-0.25, -0.2) is 9.78 Å². The summed E-state index contributed by atoms with van der Waals surface area (Å²) in [5.74, 6) is 0.565. The van der Waals surface area contributed by atoms with Crippen molar-refractivity contribution in [3.05, 3.63) is 29.0 Å². The van der Waals surface area contributed by atoms with Gasteiger partial charge in [0, 0.05) is 31.9 Å². The van der Waals surface area contributed by atoms with Crippen LogP contribution in [-0.2, 0) is 11.3 Å². The summed E-state index contributed by atoms with van der Waals surface area (Å²) < 4.78 is 5.10. The van der Waals surface area contributed by atoms with E-state index in [-0.39, 0.29) is 6.09 Å². The predicted octanol–water partition coefficient (Wildman–Crippen LogP) is 2.40. The van der Waals surface area contributed by atoms with Crippen molar-refractivity contribution in [3.63, 3.8) is 0 Å². The summed E-state index contributed by atoms with van der Waals surface area (Å²) in [6.07, 6.45) is 2.79. The van der Waals surface area contributed by atoms with Gasteiger partial charge in [-0.3, -0.25) is 4.90 Å². The first-order chi connectivity index (χ1) is 10.2. The molecule has 0 radical (unpaired) electrons. The molecule has 5 nitrogen and oxygen atoms in total. The third-order valence-electron chi connectivity index (χ3n) is 4.36. The molecule has 114 valence electrons. The first-order valence-electron chi connectivity index (χ1n) is 7.43. The van der Waals surface area contributed by atoms with E-state index >= 15 is 0 Å². The summed E-state index contributed by atoms with van der Waals surface area (Å²) in [6, 6.07) is 4.27. The quantitative estimate of drug-likeness (QED) is 0.804. The zero-order valence-electron chi connectivity index (χ0n) is 12.2. The molecular weight excluding hydrogens is 290 g/mol. The normalized spacial score (nSPS) is 25.1. The zero-order valence-corrected chi connectivity index (χ0v) is 12.9. The SMILES string of the molecule is CCOC(=O)N1C[C@@H]2CCN(Cc3ccc(Cl)nc3)[C@@H]2C1. The highest BCUT2D eigenvalue weighted by Crippen LogP contribution is 2.32. The lowest BCUT2D eigenvalue weighted by Crippen LogP contribution is -2.37. The Hall–Kier alpha value is -1.33. The van der Waals surface area contributed by atoms with E-state index in [2.05, 4.69) is 9.88 Å². The third kappa shape index (κ3) is 3.14. The van der Waals surface area contributed by atoms with Gasteiger partial charge in [-0.15, -0.1) is 0 Å². The fourth-order valence-corrected chi connectivity index (χ4v) is 3.46. The van der Waals surface area contributed by atoms with E-state index in [9.17, 15) is 4.79 Å². The number of pyridine rings is 1. The Morgan fingerprint density at radius 3 is 3.05 bits per heavy atom. The summed E-state index contributed by atoms with van der Waals surface area (Å²) in [5.41, 5.74) is 1.16. The maximum atomic E-state index is 11.8. The second-order valence-electron chi connectivity index (χ2n) is 5.68. The molecule has 2 aliphatic heterocycles. The summed E-state index contributed by atoms with van der Waals surface area (Å²) >= 11 is 5.82. The molecule has 21 heavy (non-hydrogen) atoms. The molecule has 0 saturated carbocycles. The molecule has 6 heteroatoms. The standard InChI is InChI=1S/C15H20ClN3O2/c1-2-21-15(20)19-9-12-5-6-18(13(12)10-19)8-11-3-4-14(16)17-7-11/h3-4,7,12-13H,2,5-6,8-10H2,1H3/t12-,13+/m0/s1. The highest BCUT2D eigenvalue weighted by Gasteiger charge is 2.43. The molecule has 1 amide bonds. The molecule has 0 bridgehead atoms. The van der Waals surface area contributed by atoms with Crippen LogP contribution in [0.2, 0.25) is 5.15 Å². The number of aromatic nitrogens is 1. The van der Waals surface area contributed by atoms with Crippen LogP contribution in [0.4, 0.5) is 4.79 Å². The minimum absolute atomic E-state index is 0.181. The molecule has 0 spiro atoms. The maximum Gasteiger partial charge on any atom is 0.409 e. The molecule has 3 heterocycles. The van der Waals surface area contributed by atoms with Crippen molar-refractivity contribution in [2.45, 2.75) is 25.9 Å². The van der Waals surface area contributed by atoms with E-state index in [1.54, 1.807) is 0 Å². The van der Waals surface area contributed by atoms with Gasteiger partial charge in [-0.05, 0) is 37.4 Å². The van der Waals surface area contributed by atoms with Gasteiger partial charge in [0.15, 0.2) is 0 Å². The van der Waals surface area contributed by atoms with Crippen LogP contribution in [0.1, 0.15) is 18.9 Å². The molecule has 2 fully saturated rings. The van der Waals surface area contributed by atoms with E-state index in [0.29, 0.717) is 23.7 Å². The first-order valence-corrected chi connectivity index (χ1v) is 7.81. The second-order valence-corrected chi connectivity index (χ2v) is 6.07. The molecule has 0 unspecified atom stereocenters. The third-order valence-corrected chi connectivity index (χ3v) is 4.59. The van der Waals surface area contributed by atoms with Gasteiger partial charge in [0.2, 0.25) is 0 Å². The lowest BCUT2D eigenvalue weighted by molar-refractivity contribution is 0.110. The number of halogens is 1. The van der Waals surface area contributed by atoms with Crippen molar-refractivity contribution >= 4 is 17.7 Å². The van der Waals surface area contributed by atoms with Crippen LogP contribution < -0.4 is 0 Å². The average molecular weight is 310 g/mol. The van der Waals surface area contributed by atoms with Gasteiger partial charge >= 0.3 is 6.09 Å². The second kappa shape index (κ2) is 6.20. The van der Waals surface area contributed by atoms with Crippen molar-refractivity contribution in [1.82, 2.24) is 14.8 Å². The zero-order chi connectivity index (χ0) is 14.8. The van der Waals surface area contributed by atoms with Crippen LogP contribution in [0.5, 0.6) is 0 Å². The Bertz CT molecular complexity index is 508. The van der Waals surface area contributed by atoms with Gasteiger partial charge in [0.25, 0.3) is 0 Å². The Balaban J connectivity index is 1.61. The Labute approximate surface area is 129 Å². The van der Waals surface area contributed by atoms with Gasteiger partial charge < -0.3 is 9.64 Å². The minimum atomic E-state index is -0.181. The van der Waals surface area contributed by atoms with Crippen LogP contribution in [0.15, 0.2) is 18.3 Å². The van der Waals surface area contributed by atoms with Gasteiger partial charge in [-0.1, -0.05) is 17.7 Å². The minimum Gasteiger partial charge on any atom is -0.450 e. The van der Waals surface area contributed by atoms with E-state index in [0.717, 1.165) is 38.2 Å². The fraction of sp³-hybridized carbons (Fsp3) is 0.600. The summed E-state index contributed by atoms with van der Waals surface area (Å²) in [5, 5.41) is 0.521. The van der Waals surface area contributed by atoms with Crippen LogP contribution >= 0.6 is 11.6 Å². The number of nitrogens with zero attached hydrogens (tertiary/aromatic N) is 3. The Kier molecular flexibility index (Phi) is 4.31. The van der Waals surface area contributed by atoms with Crippen LogP contribution in [0.3, 0.4) is 0 Å². The molecule has 2 atom stereocenters. The van der Waals surface area contributed by atoms with Crippen molar-refractivity contribution in [2.24, 2.45) is 5.92 Å². The highest BCUT2D eigenvalue weighted by atomic mass is 35.5. The van der Waals surface area contributed by atoms with Crippen molar-refractivity contribution < 1.29 is 9.53 Å². The number of ether oxygens (including phenoxy) is 1. The monoisotopic (exact) mass is 309 g/mol. The average Bonchev–Trinajstić information content (AvgIpc) is 3.03. The topological polar surface area (TPSA) is 45.7 Å². The van der Waals surface area contributed by atoms with Crippen molar-refractivity contribution in [1.29, 1.82) is 0 Å². The molecular formula is C15H20ClN3O2. The molecule has 0 aromatic carbocycles. The molecule has 1 aromatic heterocycles. The molecule has 3 rings (SSSR count). The maximum absolute atomic E-state index is 11.8. The number of carbonyl (C=O) groups excluding carboxylic acids is 1. The lowest BCUT2D eigenvalue weighted by atomic mass is 10.1. The Morgan fingerprint density at radius 2 is 2.33 bits per heavy atom. The van der Waals surface area contributed by atoms with E-state index in [1.165, 1.54) is 0 Å². The van der Waals surface area contributed by atoms with Gasteiger partial charge in [0.1, 0.15) is 5.15 Å². The van der Waals surface area contributed by atoms with Crippen LogP contribution in [0.25, 0.3) is 0 Å². The van der Waals surface area contributed by atoms with Crippen LogP contribution in [-0.4, -0.2) is 53.2 Å². The number of carbonyl (C=O) groups is 1. The number of hydrogen-bond acceptors (Lipinski definition) is 4. The number of likely N-dealkylation sites (tertiary alicyclic amines) is 2.